The fourth-order valence-corrected chi connectivity index (χ4v) is 2.20. The quantitative estimate of drug-likeness (QED) is 0.493. The first kappa shape index (κ1) is 11.3. The number of rotatable bonds is 3. The molecule has 0 fully saturated rings. The van der Waals surface area contributed by atoms with E-state index >= 15 is 0 Å². The minimum absolute atomic E-state index is 0.362. The van der Waals surface area contributed by atoms with E-state index in [1.54, 1.807) is 24.5 Å². The highest BCUT2D eigenvalue weighted by Crippen LogP contribution is 2.25. The first-order valence-corrected chi connectivity index (χ1v) is 5.41. The Hall–Kier alpha value is -2.21. The summed E-state index contributed by atoms with van der Waals surface area (Å²) in [7, 11) is 0. The van der Waals surface area contributed by atoms with Crippen molar-refractivity contribution in [1.82, 2.24) is 4.98 Å². The van der Waals surface area contributed by atoms with Crippen molar-refractivity contribution in [2.24, 2.45) is 0 Å². The maximum absolute atomic E-state index is 11.6. The normalized spacial score (nSPS) is 11.6. The van der Waals surface area contributed by atoms with Crippen LogP contribution in [0.3, 0.4) is 0 Å². The van der Waals surface area contributed by atoms with Crippen LogP contribution in [0.4, 0.5) is 0 Å². The van der Waals surface area contributed by atoms with E-state index in [1.165, 1.54) is 11.3 Å². The van der Waals surface area contributed by atoms with Gasteiger partial charge in [0.1, 0.15) is 0 Å². The number of carboxylic acid groups (broad SMARTS) is 1. The van der Waals surface area contributed by atoms with Crippen LogP contribution in [0.5, 0.6) is 0 Å². The van der Waals surface area contributed by atoms with Crippen LogP contribution in [0.25, 0.3) is 10.1 Å². The lowest BCUT2D eigenvalue weighted by atomic mass is 10.2. The molecule has 0 bridgehead atoms. The minimum atomic E-state index is -1.53. The van der Waals surface area contributed by atoms with Crippen LogP contribution in [0.15, 0.2) is 36.4 Å². The van der Waals surface area contributed by atoms with Gasteiger partial charge in [-0.15, -0.1) is 11.3 Å². The van der Waals surface area contributed by atoms with E-state index in [4.69, 9.17) is 10.2 Å². The molecule has 2 aromatic heterocycles. The number of hydrogen-bond donors (Lipinski definition) is 2. The number of carboxylic acids is 1. The summed E-state index contributed by atoms with van der Waals surface area (Å²) < 4.78 is 0.881. The Kier molecular flexibility index (Phi) is 2.88. The molecule has 0 aromatic carbocycles. The van der Waals surface area contributed by atoms with Crippen molar-refractivity contribution in [1.29, 1.82) is 0 Å². The van der Waals surface area contributed by atoms with E-state index in [2.05, 4.69) is 4.98 Å². The van der Waals surface area contributed by atoms with Crippen molar-refractivity contribution in [3.63, 3.8) is 0 Å². The average molecular weight is 249 g/mol. The van der Waals surface area contributed by atoms with Gasteiger partial charge in [0.2, 0.25) is 5.76 Å². The number of ketones is 1. The number of carbonyl (C=O) groups excluding carboxylic acids is 1. The lowest BCUT2D eigenvalue weighted by molar-refractivity contribution is -0.135. The van der Waals surface area contributed by atoms with Crippen LogP contribution in [-0.4, -0.2) is 26.9 Å². The summed E-state index contributed by atoms with van der Waals surface area (Å²) in [5.41, 5.74) is 0. The topological polar surface area (TPSA) is 87.5 Å². The van der Waals surface area contributed by atoms with Gasteiger partial charge in [-0.05, 0) is 12.1 Å². The molecule has 0 aliphatic heterocycles. The molecular formula is C11H7NO4S. The number of aliphatic hydroxyl groups is 1. The predicted octanol–water partition coefficient (Wildman–Crippen LogP) is 2.01. The first-order valence-electron chi connectivity index (χ1n) is 4.60. The van der Waals surface area contributed by atoms with Crippen LogP contribution in [-0.2, 0) is 4.79 Å². The van der Waals surface area contributed by atoms with Gasteiger partial charge in [-0.2, -0.15) is 0 Å². The molecular weight excluding hydrogens is 242 g/mol. The highest BCUT2D eigenvalue weighted by atomic mass is 32.1. The zero-order chi connectivity index (χ0) is 12.4. The Bertz CT molecular complexity index is 596. The third kappa shape index (κ3) is 2.31. The number of aliphatic hydroxyl groups excluding tert-OH is 1. The number of nitrogens with zero attached hydrogens (tertiary/aromatic N) is 1. The van der Waals surface area contributed by atoms with Crippen molar-refractivity contribution in [2.45, 2.75) is 0 Å². The molecule has 2 N–H and O–H groups in total. The molecule has 0 aliphatic carbocycles. The van der Waals surface area contributed by atoms with Crippen molar-refractivity contribution in [2.75, 3.05) is 0 Å². The molecule has 5 nitrogen and oxygen atoms in total. The highest BCUT2D eigenvalue weighted by molar-refractivity contribution is 7.20. The fourth-order valence-electron chi connectivity index (χ4n) is 1.26. The second-order valence-electron chi connectivity index (χ2n) is 3.22. The third-order valence-electron chi connectivity index (χ3n) is 2.05. The molecule has 0 unspecified atom stereocenters. The van der Waals surface area contributed by atoms with Crippen LogP contribution in [0, 0.1) is 0 Å². The van der Waals surface area contributed by atoms with E-state index in [1.807, 2.05) is 0 Å². The standard InChI is InChI=1S/C11H7NO4S/c13-7(4-8(14)11(15)16)10-3-6-5-12-2-1-9(6)17-10/h1-5,14H,(H,15,16)/b8-4-. The average Bonchev–Trinajstić information content (AvgIpc) is 2.72. The van der Waals surface area contributed by atoms with Crippen molar-refractivity contribution in [3.8, 4) is 0 Å². The summed E-state index contributed by atoms with van der Waals surface area (Å²) in [4.78, 5) is 26.3. The number of thiophene rings is 1. The summed E-state index contributed by atoms with van der Waals surface area (Å²) >= 11 is 1.22. The van der Waals surface area contributed by atoms with E-state index < -0.39 is 17.5 Å². The van der Waals surface area contributed by atoms with Crippen LogP contribution in [0.2, 0.25) is 0 Å². The Balaban J connectivity index is 2.37. The lowest BCUT2D eigenvalue weighted by Crippen LogP contribution is -2.02. The monoisotopic (exact) mass is 249 g/mol. The number of pyridine rings is 1. The van der Waals surface area contributed by atoms with Gasteiger partial charge in [0.05, 0.1) is 4.88 Å². The summed E-state index contributed by atoms with van der Waals surface area (Å²) in [6.07, 6.45) is 3.92. The van der Waals surface area contributed by atoms with Gasteiger partial charge in [0, 0.05) is 28.6 Å². The summed E-state index contributed by atoms with van der Waals surface area (Å²) in [5.74, 6) is -3.03. The van der Waals surface area contributed by atoms with Gasteiger partial charge in [-0.25, -0.2) is 4.79 Å². The molecule has 86 valence electrons. The summed E-state index contributed by atoms with van der Waals surface area (Å²) in [5, 5.41) is 18.2. The summed E-state index contributed by atoms with van der Waals surface area (Å²) in [6, 6.07) is 3.37. The van der Waals surface area contributed by atoms with Gasteiger partial charge >= 0.3 is 5.97 Å². The molecule has 0 saturated carbocycles. The number of fused-ring (bicyclic) bond motifs is 1. The van der Waals surface area contributed by atoms with Crippen molar-refractivity contribution >= 4 is 33.2 Å². The van der Waals surface area contributed by atoms with Crippen LogP contribution >= 0.6 is 11.3 Å². The van der Waals surface area contributed by atoms with Gasteiger partial charge in [0.15, 0.2) is 5.78 Å². The Morgan fingerprint density at radius 3 is 2.76 bits per heavy atom. The first-order chi connectivity index (χ1) is 8.08. The second-order valence-corrected chi connectivity index (χ2v) is 4.31. The zero-order valence-corrected chi connectivity index (χ0v) is 9.27. The number of allylic oxidation sites excluding steroid dienone is 1. The minimum Gasteiger partial charge on any atom is -0.502 e. The molecule has 0 atom stereocenters. The molecule has 6 heteroatoms. The molecule has 0 aliphatic rings. The Morgan fingerprint density at radius 2 is 2.12 bits per heavy atom. The molecule has 2 heterocycles. The third-order valence-corrected chi connectivity index (χ3v) is 3.18. The largest absolute Gasteiger partial charge is 0.502 e. The maximum atomic E-state index is 11.6. The summed E-state index contributed by atoms with van der Waals surface area (Å²) in [6.45, 7) is 0. The fraction of sp³-hybridized carbons (Fsp3) is 0. The van der Waals surface area contributed by atoms with Gasteiger partial charge < -0.3 is 10.2 Å². The van der Waals surface area contributed by atoms with Crippen molar-refractivity contribution < 1.29 is 19.8 Å². The van der Waals surface area contributed by atoms with Crippen molar-refractivity contribution in [3.05, 3.63) is 41.2 Å². The van der Waals surface area contributed by atoms with Gasteiger partial charge in [-0.3, -0.25) is 9.78 Å². The number of hydrogen-bond acceptors (Lipinski definition) is 5. The highest BCUT2D eigenvalue weighted by Gasteiger charge is 2.12. The van der Waals surface area contributed by atoms with E-state index in [0.29, 0.717) is 11.0 Å². The molecule has 0 saturated heterocycles. The lowest BCUT2D eigenvalue weighted by Gasteiger charge is -1.90. The molecule has 0 spiro atoms. The maximum Gasteiger partial charge on any atom is 0.371 e. The van der Waals surface area contributed by atoms with Gasteiger partial charge in [-0.1, -0.05) is 0 Å². The molecule has 2 rings (SSSR count). The SMILES string of the molecule is O=C(O)/C(O)=C/C(=O)c1cc2cnccc2s1. The molecule has 0 amide bonds. The van der Waals surface area contributed by atoms with E-state index in [0.717, 1.165) is 10.1 Å². The van der Waals surface area contributed by atoms with Gasteiger partial charge in [0.25, 0.3) is 0 Å². The second kappa shape index (κ2) is 4.34. The number of aliphatic carboxylic acids is 1. The zero-order valence-electron chi connectivity index (χ0n) is 8.45. The van der Waals surface area contributed by atoms with E-state index in [9.17, 15) is 9.59 Å². The number of aromatic nitrogens is 1. The Labute approximate surface area is 99.7 Å². The molecule has 17 heavy (non-hydrogen) atoms. The predicted molar refractivity (Wildman–Crippen MR) is 62.3 cm³/mol. The van der Waals surface area contributed by atoms with E-state index in [-0.39, 0.29) is 0 Å². The molecule has 2 aromatic rings. The smallest absolute Gasteiger partial charge is 0.371 e. The Morgan fingerprint density at radius 1 is 1.35 bits per heavy atom. The van der Waals surface area contributed by atoms with Crippen LogP contribution < -0.4 is 0 Å². The number of carbonyl (C=O) groups is 2. The van der Waals surface area contributed by atoms with Crippen LogP contribution in [0.1, 0.15) is 9.67 Å². The molecule has 0 radical (unpaired) electrons.